The summed E-state index contributed by atoms with van der Waals surface area (Å²) in [7, 11) is 1.71. The van der Waals surface area contributed by atoms with Crippen LogP contribution in [0.5, 0.6) is 5.75 Å². The summed E-state index contributed by atoms with van der Waals surface area (Å²) in [5.41, 5.74) is 0.696. The van der Waals surface area contributed by atoms with E-state index in [2.05, 4.69) is 10.1 Å². The minimum Gasteiger partial charge on any atom is -0.494 e. The highest BCUT2D eigenvalue weighted by atomic mass is 35.5. The number of para-hydroxylation sites is 1. The van der Waals surface area contributed by atoms with Gasteiger partial charge in [-0.15, -0.1) is 0 Å². The average molecular weight is 386 g/mol. The van der Waals surface area contributed by atoms with E-state index in [1.807, 2.05) is 48.5 Å². The first kappa shape index (κ1) is 18.9. The molecule has 7 heteroatoms. The number of rotatable bonds is 8. The van der Waals surface area contributed by atoms with Crippen LogP contribution in [0.1, 0.15) is 18.7 Å². The minimum absolute atomic E-state index is 0.0100. The molecule has 3 rings (SSSR count). The summed E-state index contributed by atoms with van der Waals surface area (Å²) in [5, 5.41) is 4.49. The van der Waals surface area contributed by atoms with Gasteiger partial charge in [0, 0.05) is 19.0 Å². The Labute approximate surface area is 162 Å². The second-order valence-electron chi connectivity index (χ2n) is 6.01. The van der Waals surface area contributed by atoms with Gasteiger partial charge in [0.1, 0.15) is 5.75 Å². The van der Waals surface area contributed by atoms with Crippen molar-refractivity contribution in [3.8, 4) is 17.1 Å². The molecule has 140 valence electrons. The maximum Gasteiger partial charge on any atom is 0.246 e. The predicted molar refractivity (Wildman–Crippen MR) is 102 cm³/mol. The smallest absolute Gasteiger partial charge is 0.246 e. The fraction of sp³-hybridized carbons (Fsp3) is 0.250. The Morgan fingerprint density at radius 1 is 1.15 bits per heavy atom. The normalized spacial score (nSPS) is 10.6. The van der Waals surface area contributed by atoms with Crippen LogP contribution >= 0.6 is 11.6 Å². The molecule has 0 bridgehead atoms. The van der Waals surface area contributed by atoms with Gasteiger partial charge in [-0.3, -0.25) is 4.79 Å². The Morgan fingerprint density at radius 3 is 2.67 bits per heavy atom. The summed E-state index contributed by atoms with van der Waals surface area (Å²) >= 11 is 6.14. The summed E-state index contributed by atoms with van der Waals surface area (Å²) in [4.78, 5) is 18.1. The van der Waals surface area contributed by atoms with Crippen molar-refractivity contribution in [3.63, 3.8) is 0 Å². The van der Waals surface area contributed by atoms with Crippen LogP contribution in [0.3, 0.4) is 0 Å². The van der Waals surface area contributed by atoms with Gasteiger partial charge < -0.3 is 14.2 Å². The van der Waals surface area contributed by atoms with Gasteiger partial charge in [-0.2, -0.15) is 4.98 Å². The van der Waals surface area contributed by atoms with Crippen LogP contribution in [0.2, 0.25) is 5.02 Å². The monoisotopic (exact) mass is 385 g/mol. The van der Waals surface area contributed by atoms with Crippen LogP contribution in [-0.4, -0.2) is 34.6 Å². The lowest BCUT2D eigenvalue weighted by molar-refractivity contribution is -0.131. The fourth-order valence-corrected chi connectivity index (χ4v) is 2.70. The minimum atomic E-state index is -0.0100. The number of nitrogens with zero attached hydrogens (tertiary/aromatic N) is 3. The topological polar surface area (TPSA) is 68.5 Å². The number of hydrogen-bond acceptors (Lipinski definition) is 5. The van der Waals surface area contributed by atoms with Crippen molar-refractivity contribution in [1.29, 1.82) is 0 Å². The van der Waals surface area contributed by atoms with Gasteiger partial charge in [0.15, 0.2) is 0 Å². The molecular weight excluding hydrogens is 366 g/mol. The zero-order valence-corrected chi connectivity index (χ0v) is 15.7. The van der Waals surface area contributed by atoms with Crippen molar-refractivity contribution >= 4 is 17.5 Å². The van der Waals surface area contributed by atoms with Crippen LogP contribution in [0.15, 0.2) is 59.1 Å². The summed E-state index contributed by atoms with van der Waals surface area (Å²) < 4.78 is 10.8. The second kappa shape index (κ2) is 9.19. The van der Waals surface area contributed by atoms with Crippen LogP contribution in [0.25, 0.3) is 11.4 Å². The Bertz CT molecular complexity index is 883. The van der Waals surface area contributed by atoms with Gasteiger partial charge in [0.25, 0.3) is 0 Å². The van der Waals surface area contributed by atoms with Crippen molar-refractivity contribution in [1.82, 2.24) is 15.0 Å². The molecule has 0 saturated carbocycles. The Kier molecular flexibility index (Phi) is 6.44. The molecule has 1 aromatic heterocycles. The third-order valence-corrected chi connectivity index (χ3v) is 4.26. The number of hydrogen-bond donors (Lipinski definition) is 0. The molecular formula is C20H20ClN3O3. The molecule has 2 aromatic carbocycles. The van der Waals surface area contributed by atoms with Crippen LogP contribution in [0, 0.1) is 0 Å². The molecule has 0 atom stereocenters. The van der Waals surface area contributed by atoms with Gasteiger partial charge in [-0.25, -0.2) is 0 Å². The molecule has 0 aliphatic heterocycles. The molecule has 0 aliphatic carbocycles. The lowest BCUT2D eigenvalue weighted by Gasteiger charge is -2.14. The van der Waals surface area contributed by atoms with Crippen LogP contribution in [0.4, 0.5) is 0 Å². The van der Waals surface area contributed by atoms with Gasteiger partial charge in [0.2, 0.25) is 17.6 Å². The molecule has 1 heterocycles. The van der Waals surface area contributed by atoms with Crippen molar-refractivity contribution in [2.75, 3.05) is 13.7 Å². The third-order valence-electron chi connectivity index (χ3n) is 3.93. The molecule has 0 saturated heterocycles. The van der Waals surface area contributed by atoms with Crippen molar-refractivity contribution < 1.29 is 14.1 Å². The fourth-order valence-electron chi connectivity index (χ4n) is 2.48. The molecule has 6 nitrogen and oxygen atoms in total. The van der Waals surface area contributed by atoms with Crippen molar-refractivity contribution in [3.05, 3.63) is 65.5 Å². The highest BCUT2D eigenvalue weighted by Gasteiger charge is 2.15. The van der Waals surface area contributed by atoms with E-state index in [1.165, 1.54) is 0 Å². The van der Waals surface area contributed by atoms with Crippen LogP contribution in [-0.2, 0) is 11.3 Å². The first-order valence-electron chi connectivity index (χ1n) is 8.63. The SMILES string of the molecule is CN(Cc1nc(-c2ccccc2Cl)no1)C(=O)CCCOc1ccccc1. The zero-order chi connectivity index (χ0) is 19.1. The van der Waals surface area contributed by atoms with Gasteiger partial charge >= 0.3 is 0 Å². The van der Waals surface area contributed by atoms with E-state index in [4.69, 9.17) is 20.9 Å². The Morgan fingerprint density at radius 2 is 1.89 bits per heavy atom. The Hall–Kier alpha value is -2.86. The van der Waals surface area contributed by atoms with Gasteiger partial charge in [-0.1, -0.05) is 47.1 Å². The predicted octanol–water partition coefficient (Wildman–Crippen LogP) is 4.21. The van der Waals surface area contributed by atoms with Crippen LogP contribution < -0.4 is 4.74 Å². The average Bonchev–Trinajstić information content (AvgIpc) is 3.14. The molecule has 0 fully saturated rings. The molecule has 0 spiro atoms. The summed E-state index contributed by atoms with van der Waals surface area (Å²) in [6, 6.07) is 16.8. The van der Waals surface area contributed by atoms with Crippen molar-refractivity contribution in [2.45, 2.75) is 19.4 Å². The lowest BCUT2D eigenvalue weighted by Crippen LogP contribution is -2.26. The zero-order valence-electron chi connectivity index (χ0n) is 15.0. The second-order valence-corrected chi connectivity index (χ2v) is 6.41. The summed E-state index contributed by atoms with van der Waals surface area (Å²) in [6.45, 7) is 0.733. The highest BCUT2D eigenvalue weighted by molar-refractivity contribution is 6.33. The highest BCUT2D eigenvalue weighted by Crippen LogP contribution is 2.25. The standard InChI is InChI=1S/C20H20ClN3O3/c1-24(19(25)12-7-13-26-15-8-3-2-4-9-15)14-18-22-20(23-27-18)16-10-5-6-11-17(16)21/h2-6,8-11H,7,12-14H2,1H3. The number of halogens is 1. The number of ether oxygens (including phenoxy) is 1. The van der Waals surface area contributed by atoms with E-state index in [1.54, 1.807) is 18.0 Å². The number of carbonyl (C=O) groups excluding carboxylic acids is 1. The van der Waals surface area contributed by atoms with Crippen molar-refractivity contribution in [2.24, 2.45) is 0 Å². The van der Waals surface area contributed by atoms with E-state index >= 15 is 0 Å². The first-order chi connectivity index (χ1) is 13.1. The maximum absolute atomic E-state index is 12.2. The number of benzene rings is 2. The molecule has 0 aliphatic rings. The number of aromatic nitrogens is 2. The van der Waals surface area contributed by atoms with Gasteiger partial charge in [0.05, 0.1) is 18.2 Å². The molecule has 1 amide bonds. The van der Waals surface area contributed by atoms with E-state index in [-0.39, 0.29) is 12.5 Å². The molecule has 3 aromatic rings. The van der Waals surface area contributed by atoms with E-state index in [0.717, 1.165) is 5.75 Å². The molecule has 0 radical (unpaired) electrons. The largest absolute Gasteiger partial charge is 0.494 e. The van der Waals surface area contributed by atoms with Gasteiger partial charge in [-0.05, 0) is 30.7 Å². The quantitative estimate of drug-likeness (QED) is 0.543. The first-order valence-corrected chi connectivity index (χ1v) is 9.00. The third kappa shape index (κ3) is 5.31. The Balaban J connectivity index is 1.46. The maximum atomic E-state index is 12.2. The number of amides is 1. The van der Waals surface area contributed by atoms with E-state index in [9.17, 15) is 4.79 Å². The summed E-state index contributed by atoms with van der Waals surface area (Å²) in [6.07, 6.45) is 1.02. The number of carbonyl (C=O) groups is 1. The summed E-state index contributed by atoms with van der Waals surface area (Å²) in [5.74, 6) is 1.56. The van der Waals surface area contributed by atoms with E-state index < -0.39 is 0 Å². The molecule has 0 N–H and O–H groups in total. The molecule has 27 heavy (non-hydrogen) atoms. The van der Waals surface area contributed by atoms with E-state index in [0.29, 0.717) is 41.7 Å². The lowest BCUT2D eigenvalue weighted by atomic mass is 10.2. The molecule has 0 unspecified atom stereocenters.